The first-order chi connectivity index (χ1) is 13.2. The molecule has 1 heterocycles. The summed E-state index contributed by atoms with van der Waals surface area (Å²) in [5.74, 6) is -0.553. The summed E-state index contributed by atoms with van der Waals surface area (Å²) in [4.78, 5) is 15.5. The summed E-state index contributed by atoms with van der Waals surface area (Å²) < 4.78 is 5.94. The van der Waals surface area contributed by atoms with Crippen molar-refractivity contribution >= 4 is 16.9 Å². The van der Waals surface area contributed by atoms with Gasteiger partial charge in [-0.05, 0) is 28.8 Å². The van der Waals surface area contributed by atoms with Crippen LogP contribution in [0.4, 0.5) is 0 Å². The van der Waals surface area contributed by atoms with Crippen molar-refractivity contribution in [2.24, 2.45) is 0 Å². The molecule has 4 aromatic rings. The van der Waals surface area contributed by atoms with Gasteiger partial charge in [0, 0.05) is 11.5 Å². The quantitative estimate of drug-likeness (QED) is 0.536. The summed E-state index contributed by atoms with van der Waals surface area (Å²) >= 11 is 0. The fraction of sp³-hybridized carbons (Fsp3) is 0.0435. The van der Waals surface area contributed by atoms with Crippen LogP contribution < -0.4 is 4.74 Å². The number of benzene rings is 3. The maximum atomic E-state index is 11.3. The van der Waals surface area contributed by atoms with Crippen molar-refractivity contribution in [2.45, 2.75) is 6.61 Å². The topological polar surface area (TPSA) is 59.4 Å². The number of aromatic carboxylic acids is 1. The van der Waals surface area contributed by atoms with Gasteiger partial charge in [0.25, 0.3) is 0 Å². The molecule has 3 aromatic carbocycles. The van der Waals surface area contributed by atoms with Gasteiger partial charge < -0.3 is 9.84 Å². The van der Waals surface area contributed by atoms with Crippen LogP contribution >= 0.6 is 0 Å². The van der Waals surface area contributed by atoms with E-state index < -0.39 is 5.97 Å². The molecule has 132 valence electrons. The molecule has 27 heavy (non-hydrogen) atoms. The highest BCUT2D eigenvalue weighted by Gasteiger charge is 2.11. The maximum absolute atomic E-state index is 11.3. The number of carbonyl (C=O) groups is 1. The summed E-state index contributed by atoms with van der Waals surface area (Å²) in [6, 6.07) is 27.2. The van der Waals surface area contributed by atoms with Gasteiger partial charge in [0.15, 0.2) is 5.69 Å². The Labute approximate surface area is 156 Å². The van der Waals surface area contributed by atoms with E-state index in [1.165, 1.54) is 6.07 Å². The zero-order chi connectivity index (χ0) is 18.6. The predicted octanol–water partition coefficient (Wildman–Crippen LogP) is 5.18. The van der Waals surface area contributed by atoms with Crippen LogP contribution in [0.2, 0.25) is 0 Å². The van der Waals surface area contributed by atoms with E-state index in [0.717, 1.165) is 22.1 Å². The highest BCUT2D eigenvalue weighted by molar-refractivity contribution is 5.93. The third kappa shape index (κ3) is 3.65. The van der Waals surface area contributed by atoms with Crippen LogP contribution in [-0.4, -0.2) is 16.1 Å². The van der Waals surface area contributed by atoms with Crippen molar-refractivity contribution in [3.8, 4) is 16.9 Å². The van der Waals surface area contributed by atoms with Gasteiger partial charge in [-0.3, -0.25) is 0 Å². The lowest BCUT2D eigenvalue weighted by Crippen LogP contribution is -2.03. The van der Waals surface area contributed by atoms with Gasteiger partial charge >= 0.3 is 5.97 Å². The van der Waals surface area contributed by atoms with Gasteiger partial charge in [-0.2, -0.15) is 0 Å². The third-order valence-electron chi connectivity index (χ3n) is 4.35. The molecule has 0 unspecified atom stereocenters. The summed E-state index contributed by atoms with van der Waals surface area (Å²) in [7, 11) is 0. The molecule has 0 saturated heterocycles. The van der Waals surface area contributed by atoms with Crippen molar-refractivity contribution in [2.75, 3.05) is 0 Å². The number of aromatic nitrogens is 1. The Balaban J connectivity index is 1.57. The van der Waals surface area contributed by atoms with E-state index in [0.29, 0.717) is 17.9 Å². The van der Waals surface area contributed by atoms with E-state index in [-0.39, 0.29) is 5.69 Å². The molecule has 0 spiro atoms. The molecule has 0 radical (unpaired) electrons. The second-order valence-corrected chi connectivity index (χ2v) is 6.18. The average Bonchev–Trinajstić information content (AvgIpc) is 2.73. The maximum Gasteiger partial charge on any atom is 0.354 e. The lowest BCUT2D eigenvalue weighted by atomic mass is 10.0. The van der Waals surface area contributed by atoms with Crippen LogP contribution in [0.5, 0.6) is 5.75 Å². The van der Waals surface area contributed by atoms with Crippen molar-refractivity contribution in [1.29, 1.82) is 0 Å². The van der Waals surface area contributed by atoms with Gasteiger partial charge in [-0.15, -0.1) is 0 Å². The molecule has 0 aliphatic heterocycles. The standard InChI is InChI=1S/C23H17NO3/c25-23(26)21-14-22(19-8-4-5-9-20(19)24-21)27-15-16-10-12-18(13-11-16)17-6-2-1-3-7-17/h1-14H,15H2,(H,25,26). The molecule has 0 aliphatic rings. The van der Waals surface area contributed by atoms with Crippen molar-refractivity contribution < 1.29 is 14.6 Å². The molecular formula is C23H17NO3. The van der Waals surface area contributed by atoms with Gasteiger partial charge in [-0.1, -0.05) is 66.7 Å². The average molecular weight is 355 g/mol. The van der Waals surface area contributed by atoms with Crippen LogP contribution in [0.25, 0.3) is 22.0 Å². The molecule has 0 bridgehead atoms. The number of nitrogens with zero attached hydrogens (tertiary/aromatic N) is 1. The molecule has 0 saturated carbocycles. The normalized spacial score (nSPS) is 10.7. The number of ether oxygens (including phenoxy) is 1. The molecule has 0 aliphatic carbocycles. The molecule has 4 heteroatoms. The molecule has 4 rings (SSSR count). The van der Waals surface area contributed by atoms with E-state index >= 15 is 0 Å². The fourth-order valence-electron chi connectivity index (χ4n) is 2.96. The van der Waals surface area contributed by atoms with Gasteiger partial charge in [-0.25, -0.2) is 9.78 Å². The number of hydrogen-bond donors (Lipinski definition) is 1. The van der Waals surface area contributed by atoms with Crippen LogP contribution in [-0.2, 0) is 6.61 Å². The zero-order valence-electron chi connectivity index (χ0n) is 14.5. The number of carboxylic acids is 1. The number of carboxylic acid groups (broad SMARTS) is 1. The summed E-state index contributed by atoms with van der Waals surface area (Å²) in [6.45, 7) is 0.349. The minimum Gasteiger partial charge on any atom is -0.488 e. The summed E-state index contributed by atoms with van der Waals surface area (Å²) in [5.41, 5.74) is 3.89. The van der Waals surface area contributed by atoms with Crippen molar-refractivity contribution in [3.63, 3.8) is 0 Å². The SMILES string of the molecule is O=C(O)c1cc(OCc2ccc(-c3ccccc3)cc2)c2ccccc2n1. The zero-order valence-corrected chi connectivity index (χ0v) is 14.5. The highest BCUT2D eigenvalue weighted by Crippen LogP contribution is 2.27. The lowest BCUT2D eigenvalue weighted by Gasteiger charge is -2.11. The minimum atomic E-state index is -1.07. The number of fused-ring (bicyclic) bond motifs is 1. The molecule has 1 aromatic heterocycles. The largest absolute Gasteiger partial charge is 0.488 e. The van der Waals surface area contributed by atoms with Gasteiger partial charge in [0.2, 0.25) is 0 Å². The number of pyridine rings is 1. The van der Waals surface area contributed by atoms with Gasteiger partial charge in [0.1, 0.15) is 12.4 Å². The van der Waals surface area contributed by atoms with Gasteiger partial charge in [0.05, 0.1) is 5.52 Å². The smallest absolute Gasteiger partial charge is 0.354 e. The molecule has 0 amide bonds. The molecule has 4 nitrogen and oxygen atoms in total. The van der Waals surface area contributed by atoms with E-state index in [2.05, 4.69) is 29.2 Å². The molecular weight excluding hydrogens is 338 g/mol. The van der Waals surface area contributed by atoms with E-state index in [9.17, 15) is 9.90 Å². The Bertz CT molecular complexity index is 1090. The first-order valence-corrected chi connectivity index (χ1v) is 8.61. The monoisotopic (exact) mass is 355 g/mol. The Kier molecular flexibility index (Phi) is 4.54. The lowest BCUT2D eigenvalue weighted by molar-refractivity contribution is 0.0690. The van der Waals surface area contributed by atoms with Crippen LogP contribution in [0, 0.1) is 0 Å². The number of para-hydroxylation sites is 1. The first-order valence-electron chi connectivity index (χ1n) is 8.61. The molecule has 1 N–H and O–H groups in total. The number of rotatable bonds is 5. The summed E-state index contributed by atoms with van der Waals surface area (Å²) in [5, 5.41) is 10.1. The Hall–Kier alpha value is -3.66. The van der Waals surface area contributed by atoms with Crippen LogP contribution in [0.3, 0.4) is 0 Å². The first kappa shape index (κ1) is 16.8. The van der Waals surface area contributed by atoms with Crippen molar-refractivity contribution in [1.82, 2.24) is 4.98 Å². The second-order valence-electron chi connectivity index (χ2n) is 6.18. The Morgan fingerprint density at radius 3 is 2.26 bits per heavy atom. The molecule has 0 fully saturated rings. The third-order valence-corrected chi connectivity index (χ3v) is 4.35. The summed E-state index contributed by atoms with van der Waals surface area (Å²) in [6.07, 6.45) is 0. The van der Waals surface area contributed by atoms with Crippen molar-refractivity contribution in [3.05, 3.63) is 96.2 Å². The molecule has 0 atom stereocenters. The second kappa shape index (κ2) is 7.30. The Morgan fingerprint density at radius 1 is 0.852 bits per heavy atom. The van der Waals surface area contributed by atoms with Crippen LogP contribution in [0.15, 0.2) is 84.9 Å². The van der Waals surface area contributed by atoms with E-state index in [1.807, 2.05) is 48.5 Å². The van der Waals surface area contributed by atoms with E-state index in [4.69, 9.17) is 4.74 Å². The van der Waals surface area contributed by atoms with Crippen LogP contribution in [0.1, 0.15) is 16.1 Å². The Morgan fingerprint density at radius 2 is 1.52 bits per heavy atom. The number of hydrogen-bond acceptors (Lipinski definition) is 3. The fourth-order valence-corrected chi connectivity index (χ4v) is 2.96. The predicted molar refractivity (Wildman–Crippen MR) is 105 cm³/mol. The minimum absolute atomic E-state index is 0.0249. The van der Waals surface area contributed by atoms with E-state index in [1.54, 1.807) is 6.07 Å². The highest BCUT2D eigenvalue weighted by atomic mass is 16.5.